The van der Waals surface area contributed by atoms with Gasteiger partial charge in [-0.2, -0.15) is 0 Å². The number of aryl methyl sites for hydroxylation is 1. The van der Waals surface area contributed by atoms with Gasteiger partial charge in [0.15, 0.2) is 0 Å². The Morgan fingerprint density at radius 2 is 2.24 bits per heavy atom. The summed E-state index contributed by atoms with van der Waals surface area (Å²) >= 11 is 1.63. The van der Waals surface area contributed by atoms with Crippen LogP contribution >= 0.6 is 36.2 Å². The van der Waals surface area contributed by atoms with Crippen molar-refractivity contribution in [1.29, 1.82) is 0 Å². The summed E-state index contributed by atoms with van der Waals surface area (Å²) in [6.45, 7) is 4.76. The van der Waals surface area contributed by atoms with E-state index in [1.165, 1.54) is 0 Å². The molecule has 1 aromatic rings. The van der Waals surface area contributed by atoms with Crippen molar-refractivity contribution < 1.29 is 4.79 Å². The number of nitrogens with zero attached hydrogens (tertiary/aromatic N) is 1. The molecule has 1 atom stereocenters. The number of carbonyl (C=O) groups excluding carboxylic acids is 1. The second-order valence-electron chi connectivity index (χ2n) is 3.44. The number of rotatable bonds is 5. The molecule has 17 heavy (non-hydrogen) atoms. The van der Waals surface area contributed by atoms with Crippen LogP contribution in [-0.4, -0.2) is 17.4 Å². The first-order chi connectivity index (χ1) is 7.17. The van der Waals surface area contributed by atoms with Crippen molar-refractivity contribution in [2.45, 2.75) is 26.8 Å². The molecule has 1 rings (SSSR count). The molecule has 1 heterocycles. The van der Waals surface area contributed by atoms with Crippen molar-refractivity contribution in [3.63, 3.8) is 0 Å². The molecule has 0 saturated carbocycles. The molecule has 0 spiro atoms. The molecule has 0 radical (unpaired) electrons. The summed E-state index contributed by atoms with van der Waals surface area (Å²) in [5, 5.41) is 5.89. The molecule has 4 nitrogen and oxygen atoms in total. The van der Waals surface area contributed by atoms with Crippen molar-refractivity contribution in [3.8, 4) is 0 Å². The van der Waals surface area contributed by atoms with Gasteiger partial charge in [-0.1, -0.05) is 13.8 Å². The van der Waals surface area contributed by atoms with Crippen LogP contribution in [-0.2, 0) is 17.8 Å². The number of nitrogens with one attached hydrogen (secondary N) is 1. The molecule has 3 N–H and O–H groups in total. The second-order valence-corrected chi connectivity index (χ2v) is 4.38. The summed E-state index contributed by atoms with van der Waals surface area (Å²) in [5.41, 5.74) is 6.32. The number of thiazole rings is 1. The molecular weight excluding hydrogens is 281 g/mol. The lowest BCUT2D eigenvalue weighted by atomic mass is 10.2. The Hall–Kier alpha value is -0.360. The van der Waals surface area contributed by atoms with E-state index < -0.39 is 0 Å². The van der Waals surface area contributed by atoms with Gasteiger partial charge < -0.3 is 11.1 Å². The lowest BCUT2D eigenvalue weighted by Crippen LogP contribution is -2.32. The minimum atomic E-state index is -0.130. The third-order valence-electron chi connectivity index (χ3n) is 2.15. The lowest BCUT2D eigenvalue weighted by molar-refractivity contribution is -0.124. The van der Waals surface area contributed by atoms with Gasteiger partial charge in [-0.15, -0.1) is 36.2 Å². The summed E-state index contributed by atoms with van der Waals surface area (Å²) in [5.74, 6) is -0.141. The van der Waals surface area contributed by atoms with Crippen molar-refractivity contribution in [2.24, 2.45) is 11.7 Å². The van der Waals surface area contributed by atoms with E-state index in [2.05, 4.69) is 17.2 Å². The SMILES string of the molecule is CCc1nc(CNC(=O)C(C)CN)cs1.Cl.Cl. The molecule has 0 bridgehead atoms. The quantitative estimate of drug-likeness (QED) is 0.870. The van der Waals surface area contributed by atoms with Crippen LogP contribution in [0.15, 0.2) is 5.38 Å². The number of hydrogen-bond acceptors (Lipinski definition) is 4. The van der Waals surface area contributed by atoms with Gasteiger partial charge in [0.2, 0.25) is 5.91 Å². The Bertz CT molecular complexity index is 333. The van der Waals surface area contributed by atoms with Gasteiger partial charge in [0.25, 0.3) is 0 Å². The van der Waals surface area contributed by atoms with E-state index in [-0.39, 0.29) is 36.6 Å². The molecule has 0 aliphatic carbocycles. The highest BCUT2D eigenvalue weighted by Gasteiger charge is 2.10. The van der Waals surface area contributed by atoms with Crippen LogP contribution in [0.2, 0.25) is 0 Å². The van der Waals surface area contributed by atoms with Crippen LogP contribution in [0.5, 0.6) is 0 Å². The van der Waals surface area contributed by atoms with E-state index in [4.69, 9.17) is 5.73 Å². The number of hydrogen-bond donors (Lipinski definition) is 2. The standard InChI is InChI=1S/C10H17N3OS.2ClH/c1-3-9-13-8(6-15-9)5-12-10(14)7(2)4-11;;/h6-7H,3-5,11H2,1-2H3,(H,12,14);2*1H. The largest absolute Gasteiger partial charge is 0.350 e. The summed E-state index contributed by atoms with van der Waals surface area (Å²) in [4.78, 5) is 15.8. The fraction of sp³-hybridized carbons (Fsp3) is 0.600. The van der Waals surface area contributed by atoms with E-state index in [1.807, 2.05) is 12.3 Å². The van der Waals surface area contributed by atoms with Gasteiger partial charge in [-0.3, -0.25) is 4.79 Å². The van der Waals surface area contributed by atoms with E-state index in [9.17, 15) is 4.79 Å². The number of carbonyl (C=O) groups is 1. The molecule has 0 saturated heterocycles. The van der Waals surface area contributed by atoms with Crippen LogP contribution in [0.3, 0.4) is 0 Å². The summed E-state index contributed by atoms with van der Waals surface area (Å²) in [6, 6.07) is 0. The smallest absolute Gasteiger partial charge is 0.224 e. The highest BCUT2D eigenvalue weighted by atomic mass is 35.5. The molecule has 0 aliphatic rings. The fourth-order valence-corrected chi connectivity index (χ4v) is 1.80. The van der Waals surface area contributed by atoms with Crippen molar-refractivity contribution in [1.82, 2.24) is 10.3 Å². The molecule has 0 fully saturated rings. The first-order valence-corrected chi connectivity index (χ1v) is 5.96. The van der Waals surface area contributed by atoms with E-state index in [0.717, 1.165) is 17.1 Å². The van der Waals surface area contributed by atoms with Crippen LogP contribution < -0.4 is 11.1 Å². The Balaban J connectivity index is 0. The van der Waals surface area contributed by atoms with Gasteiger partial charge in [-0.05, 0) is 6.42 Å². The van der Waals surface area contributed by atoms with Crippen LogP contribution in [0.1, 0.15) is 24.5 Å². The molecule has 1 aromatic heterocycles. The zero-order chi connectivity index (χ0) is 11.3. The third kappa shape index (κ3) is 6.21. The second kappa shape index (κ2) is 9.65. The highest BCUT2D eigenvalue weighted by Crippen LogP contribution is 2.09. The zero-order valence-corrected chi connectivity index (χ0v) is 12.4. The Kier molecular flexibility index (Phi) is 10.8. The summed E-state index contributed by atoms with van der Waals surface area (Å²) < 4.78 is 0. The average molecular weight is 300 g/mol. The minimum absolute atomic E-state index is 0. The molecule has 7 heteroatoms. The van der Waals surface area contributed by atoms with E-state index >= 15 is 0 Å². The topological polar surface area (TPSA) is 68.0 Å². The predicted molar refractivity (Wildman–Crippen MR) is 76.1 cm³/mol. The van der Waals surface area contributed by atoms with Gasteiger partial charge >= 0.3 is 0 Å². The maximum Gasteiger partial charge on any atom is 0.224 e. The first kappa shape index (κ1) is 19.0. The van der Waals surface area contributed by atoms with E-state index in [1.54, 1.807) is 11.3 Å². The first-order valence-electron chi connectivity index (χ1n) is 5.08. The minimum Gasteiger partial charge on any atom is -0.350 e. The van der Waals surface area contributed by atoms with Crippen LogP contribution in [0.4, 0.5) is 0 Å². The Morgan fingerprint density at radius 3 is 2.71 bits per heavy atom. The van der Waals surface area contributed by atoms with Gasteiger partial charge in [-0.25, -0.2) is 4.98 Å². The molecular formula is C10H19Cl2N3OS. The molecule has 100 valence electrons. The Labute approximate surface area is 118 Å². The molecule has 1 amide bonds. The molecule has 1 unspecified atom stereocenters. The molecule has 0 aromatic carbocycles. The van der Waals surface area contributed by atoms with Crippen molar-refractivity contribution in [3.05, 3.63) is 16.1 Å². The van der Waals surface area contributed by atoms with Crippen LogP contribution in [0, 0.1) is 5.92 Å². The Morgan fingerprint density at radius 1 is 1.59 bits per heavy atom. The number of aromatic nitrogens is 1. The lowest BCUT2D eigenvalue weighted by Gasteiger charge is -2.08. The molecule has 0 aliphatic heterocycles. The van der Waals surface area contributed by atoms with Gasteiger partial charge in [0, 0.05) is 17.8 Å². The third-order valence-corrected chi connectivity index (χ3v) is 3.19. The summed E-state index contributed by atoms with van der Waals surface area (Å²) in [6.07, 6.45) is 0.942. The normalized spacial score (nSPS) is 11.0. The maximum absolute atomic E-state index is 11.4. The van der Waals surface area contributed by atoms with Crippen LogP contribution in [0.25, 0.3) is 0 Å². The summed E-state index contributed by atoms with van der Waals surface area (Å²) in [7, 11) is 0. The number of amides is 1. The number of nitrogens with two attached hydrogens (primary N) is 1. The van der Waals surface area contributed by atoms with Gasteiger partial charge in [0.1, 0.15) is 0 Å². The number of halogens is 2. The van der Waals surface area contributed by atoms with Crippen molar-refractivity contribution in [2.75, 3.05) is 6.54 Å². The highest BCUT2D eigenvalue weighted by molar-refractivity contribution is 7.09. The average Bonchev–Trinajstić information content (AvgIpc) is 2.72. The van der Waals surface area contributed by atoms with Crippen molar-refractivity contribution >= 4 is 42.1 Å². The fourth-order valence-electron chi connectivity index (χ4n) is 1.05. The zero-order valence-electron chi connectivity index (χ0n) is 9.93. The monoisotopic (exact) mass is 299 g/mol. The van der Waals surface area contributed by atoms with E-state index in [0.29, 0.717) is 13.1 Å². The maximum atomic E-state index is 11.4. The predicted octanol–water partition coefficient (Wildman–Crippen LogP) is 1.76. The van der Waals surface area contributed by atoms with Gasteiger partial charge in [0.05, 0.1) is 17.2 Å².